The highest BCUT2D eigenvalue weighted by atomic mass is 19.3. The van der Waals surface area contributed by atoms with Crippen molar-refractivity contribution in [3.05, 3.63) is 77.6 Å². The molecule has 1 aliphatic rings. The predicted octanol–water partition coefficient (Wildman–Crippen LogP) is 4.67. The molecule has 1 fully saturated rings. The molecule has 0 N–H and O–H groups in total. The van der Waals surface area contributed by atoms with Crippen LogP contribution in [0.25, 0.3) is 11.3 Å². The molecule has 0 atom stereocenters. The second-order valence-electron chi connectivity index (χ2n) is 9.07. The van der Waals surface area contributed by atoms with E-state index in [1.165, 1.54) is 19.1 Å². The number of amides is 1. The molecule has 0 aliphatic carbocycles. The normalized spacial score (nSPS) is 14.1. The Morgan fingerprint density at radius 2 is 1.42 bits per heavy atom. The molecule has 0 bridgehead atoms. The quantitative estimate of drug-likeness (QED) is 0.457. The van der Waals surface area contributed by atoms with Crippen molar-refractivity contribution in [1.82, 2.24) is 14.9 Å². The van der Waals surface area contributed by atoms with Gasteiger partial charge in [-0.05, 0) is 11.1 Å². The number of hydrogen-bond donors (Lipinski definition) is 0. The minimum absolute atomic E-state index is 0.0151. The molecule has 36 heavy (non-hydrogen) atoms. The lowest BCUT2D eigenvalue weighted by atomic mass is 9.99. The van der Waals surface area contributed by atoms with E-state index in [2.05, 4.69) is 14.9 Å². The number of nitrogens with zero attached hydrogens (tertiary/aromatic N) is 4. The fraction of sp³-hybridized carbons (Fsp3) is 0.357. The number of hydrogen-bond acceptors (Lipinski definition) is 5. The SMILES string of the molecule is CCC(F)(F)c1ccc(CC(=O)Cc2ccc(-c3nccnc3N3CCN(C(C)=O)CC3)cc2)cc1. The largest absolute Gasteiger partial charge is 0.351 e. The average molecular weight is 493 g/mol. The Kier molecular flexibility index (Phi) is 7.72. The maximum absolute atomic E-state index is 13.8. The van der Waals surface area contributed by atoms with Crippen LogP contribution in [0.1, 0.15) is 37.0 Å². The number of rotatable bonds is 8. The molecular formula is C28H30F2N4O2. The van der Waals surface area contributed by atoms with Crippen LogP contribution in [-0.4, -0.2) is 52.7 Å². The smallest absolute Gasteiger partial charge is 0.273 e. The van der Waals surface area contributed by atoms with E-state index in [0.717, 1.165) is 28.2 Å². The third kappa shape index (κ3) is 5.93. The highest BCUT2D eigenvalue weighted by molar-refractivity contribution is 5.83. The molecule has 1 aliphatic heterocycles. The van der Waals surface area contributed by atoms with Crippen LogP contribution in [0.4, 0.5) is 14.6 Å². The molecule has 3 aromatic rings. The summed E-state index contributed by atoms with van der Waals surface area (Å²) in [5, 5.41) is 0. The van der Waals surface area contributed by atoms with Crippen LogP contribution >= 0.6 is 0 Å². The number of carbonyl (C=O) groups excluding carboxylic acids is 2. The minimum atomic E-state index is -2.85. The van der Waals surface area contributed by atoms with Gasteiger partial charge in [0, 0.05) is 75.9 Å². The van der Waals surface area contributed by atoms with Gasteiger partial charge >= 0.3 is 0 Å². The first-order valence-electron chi connectivity index (χ1n) is 12.2. The van der Waals surface area contributed by atoms with Crippen LogP contribution in [0.2, 0.25) is 0 Å². The standard InChI is InChI=1S/C28H30F2N4O2/c1-3-28(29,30)24-10-6-22(7-11-24)19-25(36)18-21-4-8-23(9-5-21)26-27(32-13-12-31-26)34-16-14-33(15-17-34)20(2)35/h4-13H,3,14-19H2,1-2H3. The number of halogens is 2. The van der Waals surface area contributed by atoms with Gasteiger partial charge in [0.2, 0.25) is 5.91 Å². The van der Waals surface area contributed by atoms with E-state index in [1.54, 1.807) is 31.5 Å². The topological polar surface area (TPSA) is 66.4 Å². The molecule has 2 heterocycles. The molecule has 2 aromatic carbocycles. The van der Waals surface area contributed by atoms with E-state index in [9.17, 15) is 18.4 Å². The summed E-state index contributed by atoms with van der Waals surface area (Å²) in [7, 11) is 0. The maximum Gasteiger partial charge on any atom is 0.273 e. The number of benzene rings is 2. The highest BCUT2D eigenvalue weighted by Crippen LogP contribution is 2.31. The summed E-state index contributed by atoms with van der Waals surface area (Å²) in [5.74, 6) is -1.98. The van der Waals surface area contributed by atoms with E-state index in [4.69, 9.17) is 0 Å². The molecule has 1 aromatic heterocycles. The molecular weight excluding hydrogens is 462 g/mol. The van der Waals surface area contributed by atoms with Crippen LogP contribution in [-0.2, 0) is 28.4 Å². The Hall–Kier alpha value is -3.68. The lowest BCUT2D eigenvalue weighted by molar-refractivity contribution is -0.129. The van der Waals surface area contributed by atoms with Crippen molar-refractivity contribution in [3.8, 4) is 11.3 Å². The molecule has 0 radical (unpaired) electrons. The molecule has 0 unspecified atom stereocenters. The van der Waals surface area contributed by atoms with Crippen LogP contribution in [0, 0.1) is 0 Å². The molecule has 8 heteroatoms. The summed E-state index contributed by atoms with van der Waals surface area (Å²) in [5.41, 5.74) is 3.23. The van der Waals surface area contributed by atoms with Gasteiger partial charge in [-0.25, -0.2) is 13.8 Å². The van der Waals surface area contributed by atoms with E-state index in [0.29, 0.717) is 26.2 Å². The third-order valence-corrected chi connectivity index (χ3v) is 6.55. The predicted molar refractivity (Wildman–Crippen MR) is 135 cm³/mol. The van der Waals surface area contributed by atoms with Crippen LogP contribution in [0.5, 0.6) is 0 Å². The van der Waals surface area contributed by atoms with Gasteiger partial charge in [0.05, 0.1) is 0 Å². The van der Waals surface area contributed by atoms with Gasteiger partial charge in [0.15, 0.2) is 5.82 Å². The van der Waals surface area contributed by atoms with E-state index in [-0.39, 0.29) is 36.5 Å². The van der Waals surface area contributed by atoms with Crippen LogP contribution in [0.3, 0.4) is 0 Å². The van der Waals surface area contributed by atoms with Crippen molar-refractivity contribution in [2.24, 2.45) is 0 Å². The molecule has 4 rings (SSSR count). The zero-order chi connectivity index (χ0) is 25.7. The Morgan fingerprint density at radius 1 is 0.861 bits per heavy atom. The van der Waals surface area contributed by atoms with Crippen molar-refractivity contribution in [2.75, 3.05) is 31.1 Å². The van der Waals surface area contributed by atoms with Crippen molar-refractivity contribution >= 4 is 17.5 Å². The van der Waals surface area contributed by atoms with Gasteiger partial charge in [-0.2, -0.15) is 0 Å². The summed E-state index contributed by atoms with van der Waals surface area (Å²) in [6.07, 6.45) is 3.52. The Labute approximate surface area is 210 Å². The second kappa shape index (κ2) is 10.9. The van der Waals surface area contributed by atoms with Gasteiger partial charge in [0.1, 0.15) is 11.5 Å². The van der Waals surface area contributed by atoms with Crippen LogP contribution in [0.15, 0.2) is 60.9 Å². The van der Waals surface area contributed by atoms with Crippen molar-refractivity contribution in [1.29, 1.82) is 0 Å². The monoisotopic (exact) mass is 492 g/mol. The average Bonchev–Trinajstić information content (AvgIpc) is 2.89. The Balaban J connectivity index is 1.40. The Bertz CT molecular complexity index is 1200. The van der Waals surface area contributed by atoms with E-state index >= 15 is 0 Å². The molecule has 1 amide bonds. The second-order valence-corrected chi connectivity index (χ2v) is 9.07. The Morgan fingerprint density at radius 3 is 1.97 bits per heavy atom. The minimum Gasteiger partial charge on any atom is -0.351 e. The molecule has 188 valence electrons. The van der Waals surface area contributed by atoms with Crippen molar-refractivity contribution in [2.45, 2.75) is 39.0 Å². The molecule has 6 nitrogen and oxygen atoms in total. The summed E-state index contributed by atoms with van der Waals surface area (Å²) in [4.78, 5) is 37.3. The lowest BCUT2D eigenvalue weighted by Gasteiger charge is -2.35. The van der Waals surface area contributed by atoms with Gasteiger partial charge in [0.25, 0.3) is 5.92 Å². The lowest BCUT2D eigenvalue weighted by Crippen LogP contribution is -2.48. The first-order valence-corrected chi connectivity index (χ1v) is 12.2. The number of Topliss-reactive ketones (excluding diaryl/α,β-unsaturated/α-hetero) is 1. The van der Waals surface area contributed by atoms with Crippen LogP contribution < -0.4 is 4.90 Å². The van der Waals surface area contributed by atoms with E-state index < -0.39 is 5.92 Å². The van der Waals surface area contributed by atoms with Crippen molar-refractivity contribution in [3.63, 3.8) is 0 Å². The fourth-order valence-electron chi connectivity index (χ4n) is 4.37. The first-order chi connectivity index (χ1) is 17.3. The summed E-state index contributed by atoms with van der Waals surface area (Å²) >= 11 is 0. The number of piperazine rings is 1. The van der Waals surface area contributed by atoms with Crippen molar-refractivity contribution < 1.29 is 18.4 Å². The summed E-state index contributed by atoms with van der Waals surface area (Å²) in [6.45, 7) is 5.71. The van der Waals surface area contributed by atoms with Gasteiger partial charge in [-0.15, -0.1) is 0 Å². The number of aromatic nitrogens is 2. The summed E-state index contributed by atoms with van der Waals surface area (Å²) < 4.78 is 27.6. The molecule has 0 saturated carbocycles. The van der Waals surface area contributed by atoms with E-state index in [1.807, 2.05) is 29.2 Å². The van der Waals surface area contributed by atoms with Gasteiger partial charge < -0.3 is 9.80 Å². The maximum atomic E-state index is 13.8. The van der Waals surface area contributed by atoms with Gasteiger partial charge in [-0.1, -0.05) is 55.5 Å². The zero-order valence-electron chi connectivity index (χ0n) is 20.6. The number of alkyl halides is 2. The fourth-order valence-corrected chi connectivity index (χ4v) is 4.37. The highest BCUT2D eigenvalue weighted by Gasteiger charge is 2.28. The summed E-state index contributed by atoms with van der Waals surface area (Å²) in [6, 6.07) is 13.7. The van der Waals surface area contributed by atoms with Gasteiger partial charge in [-0.3, -0.25) is 14.6 Å². The molecule has 1 saturated heterocycles. The number of carbonyl (C=O) groups is 2. The third-order valence-electron chi connectivity index (χ3n) is 6.55. The molecule has 0 spiro atoms. The number of ketones is 1. The number of anilines is 1. The zero-order valence-corrected chi connectivity index (χ0v) is 20.6. The first kappa shape index (κ1) is 25.4.